The van der Waals surface area contributed by atoms with Gasteiger partial charge in [0.25, 0.3) is 0 Å². The van der Waals surface area contributed by atoms with Gasteiger partial charge in [0.05, 0.1) is 12.2 Å². The minimum absolute atomic E-state index is 0.00541. The minimum atomic E-state index is -0.368. The summed E-state index contributed by atoms with van der Waals surface area (Å²) in [7, 11) is 1.75. The summed E-state index contributed by atoms with van der Waals surface area (Å²) in [6.07, 6.45) is 11.2. The van der Waals surface area contributed by atoms with Gasteiger partial charge in [-0.25, -0.2) is 4.79 Å². The van der Waals surface area contributed by atoms with Crippen LogP contribution in [0.15, 0.2) is 24.3 Å². The van der Waals surface area contributed by atoms with Crippen LogP contribution in [0.25, 0.3) is 0 Å². The highest BCUT2D eigenvalue weighted by molar-refractivity contribution is 5.94. The number of ether oxygens (including phenoxy) is 2. The van der Waals surface area contributed by atoms with E-state index < -0.39 is 0 Å². The second kappa shape index (κ2) is 15.2. The largest absolute Gasteiger partial charge is 0.462 e. The van der Waals surface area contributed by atoms with Gasteiger partial charge in [-0.1, -0.05) is 51.0 Å². The average molecular weight is 378 g/mol. The number of hydrogen-bond donors (Lipinski definition) is 1. The number of hydrogen-bond acceptors (Lipinski definition) is 4. The molecular formula is C22H35NO4. The number of unbranched alkanes of at least 4 members (excludes halogenated alkanes) is 8. The van der Waals surface area contributed by atoms with E-state index in [1.54, 1.807) is 38.3 Å². The zero-order valence-corrected chi connectivity index (χ0v) is 16.9. The highest BCUT2D eigenvalue weighted by Gasteiger charge is 2.08. The maximum atomic E-state index is 12.0. The van der Waals surface area contributed by atoms with Gasteiger partial charge in [-0.05, 0) is 38.0 Å². The fourth-order valence-corrected chi connectivity index (χ4v) is 2.93. The van der Waals surface area contributed by atoms with E-state index in [-0.39, 0.29) is 11.9 Å². The Kier molecular flexibility index (Phi) is 13.0. The number of amides is 1. The zero-order chi connectivity index (χ0) is 19.7. The summed E-state index contributed by atoms with van der Waals surface area (Å²) < 4.78 is 10.0. The molecule has 0 saturated heterocycles. The monoisotopic (exact) mass is 377 g/mol. The number of esters is 1. The van der Waals surface area contributed by atoms with E-state index in [1.807, 2.05) is 0 Å². The maximum Gasteiger partial charge on any atom is 0.338 e. The summed E-state index contributed by atoms with van der Waals surface area (Å²) in [5.41, 5.74) is 1.09. The number of rotatable bonds is 15. The molecule has 0 atom stereocenters. The third-order valence-corrected chi connectivity index (χ3v) is 4.41. The van der Waals surface area contributed by atoms with E-state index in [0.29, 0.717) is 24.3 Å². The molecule has 1 amide bonds. The lowest BCUT2D eigenvalue weighted by Gasteiger charge is -2.07. The van der Waals surface area contributed by atoms with Crippen LogP contribution in [0.5, 0.6) is 0 Å². The molecule has 0 spiro atoms. The molecule has 0 unspecified atom stereocenters. The van der Waals surface area contributed by atoms with Crippen molar-refractivity contribution in [2.24, 2.45) is 0 Å². The van der Waals surface area contributed by atoms with Crippen LogP contribution in [0.4, 0.5) is 5.69 Å². The van der Waals surface area contributed by atoms with E-state index >= 15 is 0 Å². The molecule has 1 aromatic rings. The quantitative estimate of drug-likeness (QED) is 0.330. The Bertz CT molecular complexity index is 545. The van der Waals surface area contributed by atoms with Crippen molar-refractivity contribution in [1.82, 2.24) is 0 Å². The number of methoxy groups -OCH3 is 1. The van der Waals surface area contributed by atoms with Crippen molar-refractivity contribution in [3.63, 3.8) is 0 Å². The highest BCUT2D eigenvalue weighted by atomic mass is 16.5. The third kappa shape index (κ3) is 11.4. The fourth-order valence-electron chi connectivity index (χ4n) is 2.93. The molecule has 5 heteroatoms. The van der Waals surface area contributed by atoms with E-state index in [2.05, 4.69) is 5.32 Å². The molecule has 0 aliphatic rings. The van der Waals surface area contributed by atoms with Crippen LogP contribution in [0.1, 0.15) is 81.5 Å². The molecule has 0 aliphatic heterocycles. The molecule has 1 rings (SSSR count). The van der Waals surface area contributed by atoms with Crippen LogP contribution in [0.3, 0.4) is 0 Å². The zero-order valence-electron chi connectivity index (χ0n) is 16.9. The van der Waals surface area contributed by atoms with Crippen molar-refractivity contribution < 1.29 is 19.1 Å². The van der Waals surface area contributed by atoms with Crippen LogP contribution in [0.2, 0.25) is 0 Å². The maximum absolute atomic E-state index is 12.0. The number of carbonyl (C=O) groups excluding carboxylic acids is 2. The molecule has 0 fully saturated rings. The minimum Gasteiger partial charge on any atom is -0.462 e. The Morgan fingerprint density at radius 2 is 1.56 bits per heavy atom. The number of anilines is 1. The molecule has 0 saturated carbocycles. The lowest BCUT2D eigenvalue weighted by atomic mass is 10.1. The lowest BCUT2D eigenvalue weighted by Crippen LogP contribution is -2.12. The van der Waals surface area contributed by atoms with Crippen LogP contribution >= 0.6 is 0 Å². The smallest absolute Gasteiger partial charge is 0.338 e. The summed E-state index contributed by atoms with van der Waals surface area (Å²) >= 11 is 0. The fraction of sp³-hybridized carbons (Fsp3) is 0.636. The van der Waals surface area contributed by atoms with E-state index in [9.17, 15) is 9.59 Å². The van der Waals surface area contributed by atoms with Crippen LogP contribution in [-0.4, -0.2) is 32.2 Å². The van der Waals surface area contributed by atoms with E-state index in [4.69, 9.17) is 9.47 Å². The van der Waals surface area contributed by atoms with Gasteiger partial charge in [0.1, 0.15) is 0 Å². The summed E-state index contributed by atoms with van der Waals surface area (Å²) in [5.74, 6) is -0.374. The number of benzene rings is 1. The van der Waals surface area contributed by atoms with Gasteiger partial charge in [0.15, 0.2) is 0 Å². The molecule has 0 radical (unpaired) electrons. The average Bonchev–Trinajstić information content (AvgIpc) is 2.66. The molecule has 0 heterocycles. The molecule has 5 nitrogen and oxygen atoms in total. The summed E-state index contributed by atoms with van der Waals surface area (Å²) in [6, 6.07) is 6.87. The summed E-state index contributed by atoms with van der Waals surface area (Å²) in [4.78, 5) is 23.8. The lowest BCUT2D eigenvalue weighted by molar-refractivity contribution is -0.116. The number of nitrogens with one attached hydrogen (secondary N) is 1. The first-order valence-electron chi connectivity index (χ1n) is 10.2. The normalized spacial score (nSPS) is 10.6. The first kappa shape index (κ1) is 23.2. The molecule has 1 N–H and O–H groups in total. The van der Waals surface area contributed by atoms with Gasteiger partial charge >= 0.3 is 5.97 Å². The summed E-state index contributed by atoms with van der Waals surface area (Å²) in [6.45, 7) is 2.98. The van der Waals surface area contributed by atoms with Gasteiger partial charge in [-0.3, -0.25) is 4.79 Å². The predicted molar refractivity (Wildman–Crippen MR) is 109 cm³/mol. The van der Waals surface area contributed by atoms with Gasteiger partial charge < -0.3 is 14.8 Å². The van der Waals surface area contributed by atoms with Crippen molar-refractivity contribution in [3.05, 3.63) is 29.8 Å². The van der Waals surface area contributed by atoms with Crippen molar-refractivity contribution in [2.45, 2.75) is 71.1 Å². The molecule has 0 bridgehead atoms. The first-order valence-corrected chi connectivity index (χ1v) is 10.2. The van der Waals surface area contributed by atoms with Crippen molar-refractivity contribution >= 4 is 17.6 Å². The number of carbonyl (C=O) groups is 2. The van der Waals surface area contributed by atoms with Crippen molar-refractivity contribution in [2.75, 3.05) is 25.6 Å². The highest BCUT2D eigenvalue weighted by Crippen LogP contribution is 2.14. The topological polar surface area (TPSA) is 64.6 Å². The van der Waals surface area contributed by atoms with Crippen LogP contribution in [0, 0.1) is 0 Å². The Balaban J connectivity index is 2.09. The van der Waals surface area contributed by atoms with E-state index in [1.165, 1.54) is 38.5 Å². The molecule has 1 aromatic carbocycles. The second-order valence-corrected chi connectivity index (χ2v) is 6.77. The van der Waals surface area contributed by atoms with Gasteiger partial charge in [-0.15, -0.1) is 0 Å². The molecular weight excluding hydrogens is 342 g/mol. The summed E-state index contributed by atoms with van der Waals surface area (Å²) in [5, 5.41) is 2.86. The molecule has 27 heavy (non-hydrogen) atoms. The van der Waals surface area contributed by atoms with E-state index in [0.717, 1.165) is 25.9 Å². The van der Waals surface area contributed by atoms with Gasteiger partial charge in [0, 0.05) is 25.8 Å². The van der Waals surface area contributed by atoms with Crippen molar-refractivity contribution in [1.29, 1.82) is 0 Å². The Hall–Kier alpha value is -1.88. The van der Waals surface area contributed by atoms with Gasteiger partial charge in [-0.2, -0.15) is 0 Å². The second-order valence-electron chi connectivity index (χ2n) is 6.77. The standard InChI is InChI=1S/C22H35NO4/c1-3-27-22(25)19-14-13-15-20(18-19)23-21(24)16-11-9-7-5-4-6-8-10-12-17-26-2/h13-15,18H,3-12,16-17H2,1-2H3,(H,23,24). The Labute approximate surface area is 163 Å². The van der Waals surface area contributed by atoms with Crippen molar-refractivity contribution in [3.8, 4) is 0 Å². The molecule has 152 valence electrons. The first-order chi connectivity index (χ1) is 13.2. The van der Waals surface area contributed by atoms with Crippen LogP contribution < -0.4 is 5.32 Å². The van der Waals surface area contributed by atoms with Gasteiger partial charge in [0.2, 0.25) is 5.91 Å². The Morgan fingerprint density at radius 3 is 2.19 bits per heavy atom. The SMILES string of the molecule is CCOC(=O)c1cccc(NC(=O)CCCCCCCCCCCOC)c1. The molecule has 0 aromatic heterocycles. The van der Waals surface area contributed by atoms with Crippen LogP contribution in [-0.2, 0) is 14.3 Å². The predicted octanol–water partition coefficient (Wildman–Crippen LogP) is 5.35. The Morgan fingerprint density at radius 1 is 0.926 bits per heavy atom. The molecule has 0 aliphatic carbocycles. The third-order valence-electron chi connectivity index (χ3n) is 4.41.